The van der Waals surface area contributed by atoms with Gasteiger partial charge in [0.15, 0.2) is 4.77 Å². The van der Waals surface area contributed by atoms with Crippen molar-refractivity contribution in [2.24, 2.45) is 10.2 Å². The van der Waals surface area contributed by atoms with E-state index >= 15 is 0 Å². The normalized spacial score (nSPS) is 11.0. The summed E-state index contributed by atoms with van der Waals surface area (Å²) in [5.74, 6) is 0.472. The van der Waals surface area contributed by atoms with E-state index in [0.29, 0.717) is 28.6 Å². The number of aromatic nitrogens is 2. The topological polar surface area (TPSA) is 90.3 Å². The minimum atomic E-state index is -0.615. The van der Waals surface area contributed by atoms with Gasteiger partial charge in [-0.25, -0.2) is 0 Å². The molecule has 34 heavy (non-hydrogen) atoms. The maximum Gasteiger partial charge on any atom is 0.290 e. The van der Waals surface area contributed by atoms with Crippen LogP contribution in [0.5, 0.6) is 17.4 Å². The van der Waals surface area contributed by atoms with Crippen molar-refractivity contribution < 1.29 is 14.6 Å². The van der Waals surface area contributed by atoms with Gasteiger partial charge in [0.1, 0.15) is 17.2 Å². The van der Waals surface area contributed by atoms with Crippen LogP contribution in [0.15, 0.2) is 87.8 Å². The van der Waals surface area contributed by atoms with E-state index in [4.69, 9.17) is 21.7 Å². The minimum absolute atomic E-state index is 0.0482. The molecule has 0 saturated carbocycles. The van der Waals surface area contributed by atoms with E-state index in [0.717, 1.165) is 5.56 Å². The fraction of sp³-hybridized carbons (Fsp3) is 0.120. The highest BCUT2D eigenvalue weighted by atomic mass is 32.1. The summed E-state index contributed by atoms with van der Waals surface area (Å²) in [4.78, 5) is 13.5. The summed E-state index contributed by atoms with van der Waals surface area (Å²) in [5.41, 5.74) is 1.49. The van der Waals surface area contributed by atoms with Gasteiger partial charge in [0.05, 0.1) is 25.6 Å². The van der Waals surface area contributed by atoms with Crippen LogP contribution in [0.2, 0.25) is 0 Å². The molecule has 4 aromatic rings. The van der Waals surface area contributed by atoms with Gasteiger partial charge < -0.3 is 14.6 Å². The van der Waals surface area contributed by atoms with Crippen molar-refractivity contribution in [1.82, 2.24) is 9.13 Å². The number of hydrogen-bond donors (Lipinski definition) is 1. The summed E-state index contributed by atoms with van der Waals surface area (Å²) in [7, 11) is 3.02. The van der Waals surface area contributed by atoms with Crippen LogP contribution < -0.4 is 15.0 Å². The Hall–Kier alpha value is -4.24. The average molecular weight is 475 g/mol. The molecule has 0 bridgehead atoms. The highest BCUT2D eigenvalue weighted by Crippen LogP contribution is 2.34. The lowest BCUT2D eigenvalue weighted by Crippen LogP contribution is -2.23. The molecule has 8 nitrogen and oxygen atoms in total. The molecule has 172 valence electrons. The molecule has 0 amide bonds. The second-order valence-electron chi connectivity index (χ2n) is 7.31. The second-order valence-corrected chi connectivity index (χ2v) is 7.68. The zero-order valence-electron chi connectivity index (χ0n) is 18.8. The zero-order valence-corrected chi connectivity index (χ0v) is 19.6. The number of benzene rings is 3. The fourth-order valence-corrected chi connectivity index (χ4v) is 3.81. The van der Waals surface area contributed by atoms with E-state index in [1.54, 1.807) is 60.7 Å². The van der Waals surface area contributed by atoms with Gasteiger partial charge >= 0.3 is 0 Å². The Balaban J connectivity index is 2.04. The number of methoxy groups -OCH3 is 2. The summed E-state index contributed by atoms with van der Waals surface area (Å²) < 4.78 is 13.5. The van der Waals surface area contributed by atoms with E-state index in [-0.39, 0.29) is 10.5 Å². The number of rotatable bonds is 6. The molecule has 3 aromatic carbocycles. The van der Waals surface area contributed by atoms with E-state index in [1.807, 2.05) is 19.1 Å². The molecule has 0 radical (unpaired) electrons. The monoisotopic (exact) mass is 474 g/mol. The van der Waals surface area contributed by atoms with E-state index in [9.17, 15) is 9.90 Å². The lowest BCUT2D eigenvalue weighted by Gasteiger charge is -2.17. The number of aromatic hydroxyl groups is 1. The Kier molecular flexibility index (Phi) is 6.55. The molecule has 0 aliphatic carbocycles. The van der Waals surface area contributed by atoms with Crippen LogP contribution in [0.1, 0.15) is 5.56 Å². The van der Waals surface area contributed by atoms with Gasteiger partial charge in [0.25, 0.3) is 5.56 Å². The number of aryl methyl sites for hydroxylation is 1. The maximum absolute atomic E-state index is 13.5. The molecule has 0 fully saturated rings. The Morgan fingerprint density at radius 1 is 0.824 bits per heavy atom. The summed E-state index contributed by atoms with van der Waals surface area (Å²) >= 11 is 5.67. The third-order valence-electron chi connectivity index (χ3n) is 5.17. The van der Waals surface area contributed by atoms with Crippen molar-refractivity contribution in [3.05, 3.63) is 93.5 Å². The molecule has 0 unspecified atom stereocenters. The van der Waals surface area contributed by atoms with Crippen molar-refractivity contribution in [2.75, 3.05) is 14.2 Å². The molecule has 1 aromatic heterocycles. The predicted octanol–water partition coefficient (Wildman–Crippen LogP) is 5.80. The number of nitrogens with zero attached hydrogens (tertiary/aromatic N) is 4. The Bertz CT molecular complexity index is 1490. The number of hydrogen-bond acceptors (Lipinski definition) is 7. The van der Waals surface area contributed by atoms with Crippen LogP contribution in [0.4, 0.5) is 11.4 Å². The van der Waals surface area contributed by atoms with Gasteiger partial charge in [0.2, 0.25) is 11.6 Å². The SMILES string of the molecule is COc1ccccc1N=Nc1c(O)n(-c2ccccc2OC)c(=S)n(-c2ccc(C)cc2)c1=O. The number of ether oxygens (including phenoxy) is 2. The van der Waals surface area contributed by atoms with Crippen LogP contribution in [-0.2, 0) is 0 Å². The third kappa shape index (κ3) is 4.20. The van der Waals surface area contributed by atoms with Crippen molar-refractivity contribution in [3.8, 4) is 28.8 Å². The van der Waals surface area contributed by atoms with Crippen molar-refractivity contribution in [1.29, 1.82) is 0 Å². The molecule has 0 aliphatic rings. The van der Waals surface area contributed by atoms with E-state index < -0.39 is 11.4 Å². The summed E-state index contributed by atoms with van der Waals surface area (Å²) in [6.45, 7) is 1.94. The summed E-state index contributed by atoms with van der Waals surface area (Å²) in [6.07, 6.45) is 0. The lowest BCUT2D eigenvalue weighted by atomic mass is 10.2. The first kappa shape index (κ1) is 22.9. The predicted molar refractivity (Wildman–Crippen MR) is 132 cm³/mol. The zero-order chi connectivity index (χ0) is 24.2. The van der Waals surface area contributed by atoms with Crippen molar-refractivity contribution >= 4 is 23.6 Å². The molecule has 0 atom stereocenters. The first-order chi connectivity index (χ1) is 16.5. The van der Waals surface area contributed by atoms with E-state index in [2.05, 4.69) is 10.2 Å². The molecule has 9 heteroatoms. The van der Waals surface area contributed by atoms with Gasteiger partial charge in [-0.2, -0.15) is 0 Å². The first-order valence-electron chi connectivity index (χ1n) is 10.3. The van der Waals surface area contributed by atoms with Gasteiger partial charge in [0, 0.05) is 0 Å². The standard InChI is InChI=1S/C25H22N4O4S/c1-16-12-14-17(15-13-16)28-23(30)22(27-26-18-8-4-6-10-20(18)32-2)24(31)29(25(28)34)19-9-5-7-11-21(19)33-3/h4-15,31H,1-3H3. The van der Waals surface area contributed by atoms with Gasteiger partial charge in [-0.1, -0.05) is 42.0 Å². The van der Waals surface area contributed by atoms with Gasteiger partial charge in [-0.05, 0) is 55.5 Å². The number of azo groups is 1. The largest absolute Gasteiger partial charge is 0.495 e. The first-order valence-corrected chi connectivity index (χ1v) is 10.7. The quantitative estimate of drug-likeness (QED) is 0.282. The number of para-hydroxylation sites is 3. The molecule has 0 aliphatic heterocycles. The minimum Gasteiger partial charge on any atom is -0.495 e. The van der Waals surface area contributed by atoms with Gasteiger partial charge in [-0.3, -0.25) is 13.9 Å². The van der Waals surface area contributed by atoms with Crippen molar-refractivity contribution in [2.45, 2.75) is 6.92 Å². The highest BCUT2D eigenvalue weighted by Gasteiger charge is 2.21. The molecule has 4 rings (SSSR count). The van der Waals surface area contributed by atoms with Crippen LogP contribution in [0, 0.1) is 11.7 Å². The third-order valence-corrected chi connectivity index (χ3v) is 5.54. The molecule has 1 heterocycles. The summed E-state index contributed by atoms with van der Waals surface area (Å²) in [5, 5.41) is 19.5. The molecular formula is C25H22N4O4S. The Labute approximate surface area is 201 Å². The van der Waals surface area contributed by atoms with Crippen LogP contribution in [-0.4, -0.2) is 28.5 Å². The van der Waals surface area contributed by atoms with Crippen LogP contribution in [0.3, 0.4) is 0 Å². The van der Waals surface area contributed by atoms with Crippen LogP contribution >= 0.6 is 12.2 Å². The Morgan fingerprint density at radius 3 is 2.12 bits per heavy atom. The second kappa shape index (κ2) is 9.72. The van der Waals surface area contributed by atoms with E-state index in [1.165, 1.54) is 23.4 Å². The lowest BCUT2D eigenvalue weighted by molar-refractivity contribution is 0.402. The van der Waals surface area contributed by atoms with Gasteiger partial charge in [-0.15, -0.1) is 10.2 Å². The fourth-order valence-electron chi connectivity index (χ4n) is 3.44. The molecule has 0 spiro atoms. The average Bonchev–Trinajstić information content (AvgIpc) is 2.85. The summed E-state index contributed by atoms with van der Waals surface area (Å²) in [6, 6.07) is 21.3. The molecule has 1 N–H and O–H groups in total. The Morgan fingerprint density at radius 2 is 1.44 bits per heavy atom. The van der Waals surface area contributed by atoms with Crippen LogP contribution in [0.25, 0.3) is 11.4 Å². The van der Waals surface area contributed by atoms with Crippen molar-refractivity contribution in [3.63, 3.8) is 0 Å². The molecule has 0 saturated heterocycles. The smallest absolute Gasteiger partial charge is 0.290 e. The maximum atomic E-state index is 13.5. The molecular weight excluding hydrogens is 452 g/mol. The highest BCUT2D eigenvalue weighted by molar-refractivity contribution is 7.71.